The van der Waals surface area contributed by atoms with Gasteiger partial charge >= 0.3 is 0 Å². The number of piperazine rings is 1. The summed E-state index contributed by atoms with van der Waals surface area (Å²) in [5.41, 5.74) is 5.53. The predicted octanol–water partition coefficient (Wildman–Crippen LogP) is 0.107. The van der Waals surface area contributed by atoms with E-state index in [1.807, 2.05) is 4.90 Å². The van der Waals surface area contributed by atoms with Crippen molar-refractivity contribution in [3.63, 3.8) is 0 Å². The number of halogens is 2. The molecule has 0 bridgehead atoms. The topological polar surface area (TPSA) is 79.0 Å². The van der Waals surface area contributed by atoms with Gasteiger partial charge in [-0.25, -0.2) is 0 Å². The lowest BCUT2D eigenvalue weighted by atomic mass is 10.1. The minimum Gasteiger partial charge on any atom is -0.392 e. The molecule has 1 rings (SSSR count). The number of carbonyl (C=O) groups is 1. The van der Waals surface area contributed by atoms with Gasteiger partial charge in [0.2, 0.25) is 5.91 Å². The van der Waals surface area contributed by atoms with Gasteiger partial charge in [0.15, 0.2) is 0 Å². The highest BCUT2D eigenvalue weighted by Gasteiger charge is 2.28. The Balaban J connectivity index is 0. The molecule has 0 radical (unpaired) electrons. The number of hydrogen-bond acceptors (Lipinski definition) is 5. The number of aliphatic hydroxyl groups excluding tert-OH is 1. The summed E-state index contributed by atoms with van der Waals surface area (Å²) in [6, 6.07) is 0.270. The van der Waals surface area contributed by atoms with E-state index >= 15 is 0 Å². The molecule has 0 spiro atoms. The van der Waals surface area contributed by atoms with Crippen molar-refractivity contribution < 1.29 is 14.6 Å². The van der Waals surface area contributed by atoms with Crippen molar-refractivity contribution in [3.05, 3.63) is 0 Å². The van der Waals surface area contributed by atoms with Crippen LogP contribution in [0.25, 0.3) is 0 Å². The second-order valence-electron chi connectivity index (χ2n) is 5.33. The predicted molar refractivity (Wildman–Crippen MR) is 88.3 cm³/mol. The molecule has 6 nitrogen and oxygen atoms in total. The molecule has 3 N–H and O–H groups in total. The quantitative estimate of drug-likeness (QED) is 0.714. The number of rotatable bonds is 6. The van der Waals surface area contributed by atoms with Gasteiger partial charge in [0, 0.05) is 45.9 Å². The number of β-amino-alcohol motifs (C(OH)–C–C–N with tert-alkyl or cyclic N) is 1. The maximum atomic E-state index is 12.1. The highest BCUT2D eigenvalue weighted by molar-refractivity contribution is 5.85. The third-order valence-corrected chi connectivity index (χ3v) is 3.62. The summed E-state index contributed by atoms with van der Waals surface area (Å²) in [5, 5.41) is 9.43. The van der Waals surface area contributed by atoms with Crippen LogP contribution in [-0.4, -0.2) is 78.9 Å². The van der Waals surface area contributed by atoms with Crippen LogP contribution in [0.3, 0.4) is 0 Å². The third kappa shape index (κ3) is 7.63. The van der Waals surface area contributed by atoms with Crippen LogP contribution in [0.15, 0.2) is 0 Å². The van der Waals surface area contributed by atoms with Crippen molar-refractivity contribution in [2.45, 2.75) is 38.5 Å². The zero-order valence-electron chi connectivity index (χ0n) is 13.0. The van der Waals surface area contributed by atoms with Crippen LogP contribution in [0, 0.1) is 0 Å². The molecular formula is C13H29Cl2N3O3. The summed E-state index contributed by atoms with van der Waals surface area (Å²) in [5.74, 6) is 0.0980. The van der Waals surface area contributed by atoms with E-state index in [4.69, 9.17) is 10.5 Å². The normalized spacial score (nSPS) is 22.0. The van der Waals surface area contributed by atoms with Crippen LogP contribution in [-0.2, 0) is 9.53 Å². The third-order valence-electron chi connectivity index (χ3n) is 3.62. The monoisotopic (exact) mass is 345 g/mol. The largest absolute Gasteiger partial charge is 0.392 e. The Bertz CT molecular complexity index is 292. The number of methoxy groups -OCH3 is 1. The minimum atomic E-state index is -0.334. The average Bonchev–Trinajstić information content (AvgIpc) is 2.37. The van der Waals surface area contributed by atoms with Crippen molar-refractivity contribution in [2.75, 3.05) is 39.8 Å². The van der Waals surface area contributed by atoms with Crippen LogP contribution >= 0.6 is 24.8 Å². The lowest BCUT2D eigenvalue weighted by Crippen LogP contribution is -2.55. The molecule has 1 heterocycles. The van der Waals surface area contributed by atoms with Crippen molar-refractivity contribution in [1.82, 2.24) is 9.80 Å². The van der Waals surface area contributed by atoms with Crippen LogP contribution in [0.2, 0.25) is 0 Å². The molecule has 21 heavy (non-hydrogen) atoms. The Morgan fingerprint density at radius 1 is 1.43 bits per heavy atom. The maximum absolute atomic E-state index is 12.1. The van der Waals surface area contributed by atoms with Crippen molar-refractivity contribution in [3.8, 4) is 0 Å². The first-order chi connectivity index (χ1) is 8.97. The van der Waals surface area contributed by atoms with E-state index in [9.17, 15) is 9.90 Å². The molecule has 1 saturated heterocycles. The highest BCUT2D eigenvalue weighted by Crippen LogP contribution is 2.12. The Morgan fingerprint density at radius 2 is 2.05 bits per heavy atom. The molecule has 1 fully saturated rings. The molecular weight excluding hydrogens is 317 g/mol. The average molecular weight is 346 g/mol. The summed E-state index contributed by atoms with van der Waals surface area (Å²) in [7, 11) is 1.58. The van der Waals surface area contributed by atoms with Gasteiger partial charge in [-0.15, -0.1) is 24.8 Å². The Morgan fingerprint density at radius 3 is 2.48 bits per heavy atom. The second-order valence-corrected chi connectivity index (χ2v) is 5.33. The van der Waals surface area contributed by atoms with Crippen LogP contribution in [0.1, 0.15) is 20.3 Å². The molecule has 0 aliphatic carbocycles. The molecule has 128 valence electrons. The fourth-order valence-corrected chi connectivity index (χ4v) is 2.42. The van der Waals surface area contributed by atoms with Gasteiger partial charge in [0.25, 0.3) is 0 Å². The summed E-state index contributed by atoms with van der Waals surface area (Å²) in [6.45, 7) is 7.10. The lowest BCUT2D eigenvalue weighted by Gasteiger charge is -2.40. The standard InChI is InChI=1S/C13H27N3O3.2ClH/c1-10-8-16(5-4-15(10)9-11(2)17)13(18)6-12(7-14)19-3;;/h10-12,17H,4-9,14H2,1-3H3;2*1H. The van der Waals surface area contributed by atoms with Crippen LogP contribution < -0.4 is 5.73 Å². The van der Waals surface area contributed by atoms with Gasteiger partial charge in [0.1, 0.15) is 0 Å². The summed E-state index contributed by atoms with van der Waals surface area (Å²) >= 11 is 0. The van der Waals surface area contributed by atoms with Gasteiger partial charge < -0.3 is 20.5 Å². The van der Waals surface area contributed by atoms with Gasteiger partial charge in [0.05, 0.1) is 18.6 Å². The van der Waals surface area contributed by atoms with E-state index in [0.717, 1.165) is 6.54 Å². The van der Waals surface area contributed by atoms with Crippen molar-refractivity contribution in [1.29, 1.82) is 0 Å². The zero-order chi connectivity index (χ0) is 14.4. The Kier molecular flexibility index (Phi) is 12.6. The van der Waals surface area contributed by atoms with E-state index in [-0.39, 0.29) is 49.0 Å². The molecule has 0 aromatic carbocycles. The first-order valence-electron chi connectivity index (χ1n) is 6.90. The van der Waals surface area contributed by atoms with Crippen molar-refractivity contribution in [2.24, 2.45) is 5.73 Å². The lowest BCUT2D eigenvalue weighted by molar-refractivity contribution is -0.136. The number of carbonyl (C=O) groups excluding carboxylic acids is 1. The Labute approximate surface area is 139 Å². The van der Waals surface area contributed by atoms with E-state index in [1.54, 1.807) is 14.0 Å². The molecule has 0 aromatic rings. The SMILES string of the molecule is COC(CN)CC(=O)N1CCN(CC(C)O)C(C)C1.Cl.Cl. The number of amides is 1. The van der Waals surface area contributed by atoms with Crippen molar-refractivity contribution >= 4 is 30.7 Å². The molecule has 0 aromatic heterocycles. The molecule has 1 aliphatic heterocycles. The highest BCUT2D eigenvalue weighted by atomic mass is 35.5. The Hall–Kier alpha value is -0.110. The van der Waals surface area contributed by atoms with E-state index in [0.29, 0.717) is 32.6 Å². The van der Waals surface area contributed by atoms with Gasteiger partial charge in [-0.2, -0.15) is 0 Å². The molecule has 8 heteroatoms. The van der Waals surface area contributed by atoms with Gasteiger partial charge in [-0.1, -0.05) is 0 Å². The molecule has 1 amide bonds. The fourth-order valence-electron chi connectivity index (χ4n) is 2.42. The molecule has 3 atom stereocenters. The van der Waals surface area contributed by atoms with Gasteiger partial charge in [-0.3, -0.25) is 9.69 Å². The molecule has 1 aliphatic rings. The number of ether oxygens (including phenoxy) is 1. The first-order valence-corrected chi connectivity index (χ1v) is 6.90. The number of nitrogens with zero attached hydrogens (tertiary/aromatic N) is 2. The smallest absolute Gasteiger partial charge is 0.225 e. The number of hydrogen-bond donors (Lipinski definition) is 2. The molecule has 0 saturated carbocycles. The zero-order valence-corrected chi connectivity index (χ0v) is 14.7. The van der Waals surface area contributed by atoms with E-state index in [1.165, 1.54) is 0 Å². The summed E-state index contributed by atoms with van der Waals surface area (Å²) < 4.78 is 5.15. The minimum absolute atomic E-state index is 0. The summed E-state index contributed by atoms with van der Waals surface area (Å²) in [4.78, 5) is 16.2. The van der Waals surface area contributed by atoms with E-state index < -0.39 is 0 Å². The fraction of sp³-hybridized carbons (Fsp3) is 0.923. The second kappa shape index (κ2) is 11.5. The van der Waals surface area contributed by atoms with Crippen LogP contribution in [0.4, 0.5) is 0 Å². The maximum Gasteiger partial charge on any atom is 0.225 e. The van der Waals surface area contributed by atoms with E-state index in [2.05, 4.69) is 11.8 Å². The van der Waals surface area contributed by atoms with Crippen LogP contribution in [0.5, 0.6) is 0 Å². The van der Waals surface area contributed by atoms with Gasteiger partial charge in [-0.05, 0) is 13.8 Å². The first kappa shape index (κ1) is 23.2. The molecule has 3 unspecified atom stereocenters. The summed E-state index contributed by atoms with van der Waals surface area (Å²) in [6.07, 6.45) is -0.186. The number of aliphatic hydroxyl groups is 1. The number of nitrogens with two attached hydrogens (primary N) is 1.